The maximum Gasteiger partial charge on any atom is 0.174 e. The van der Waals surface area contributed by atoms with Crippen LogP contribution in [0.25, 0.3) is 11.8 Å². The van der Waals surface area contributed by atoms with Gasteiger partial charge in [-0.2, -0.15) is 5.10 Å². The number of nitrogens with zero attached hydrogens (tertiary/aromatic N) is 5. The van der Waals surface area contributed by atoms with E-state index in [4.69, 9.17) is 5.10 Å². The maximum atomic E-state index is 13.9. The number of rotatable bonds is 8. The Bertz CT molecular complexity index is 1350. The van der Waals surface area contributed by atoms with Gasteiger partial charge in [-0.05, 0) is 93.0 Å². The third-order valence-electron chi connectivity index (χ3n) is 8.25. The average molecular weight is 564 g/mol. The van der Waals surface area contributed by atoms with Crippen LogP contribution in [0, 0.1) is 11.2 Å². The van der Waals surface area contributed by atoms with E-state index in [1.165, 1.54) is 28.8 Å². The summed E-state index contributed by atoms with van der Waals surface area (Å²) in [5, 5.41) is 4.71. The molecule has 3 aromatic rings. The van der Waals surface area contributed by atoms with Gasteiger partial charge in [-0.15, -0.1) is 4.31 Å². The van der Waals surface area contributed by atoms with Crippen LogP contribution in [0.15, 0.2) is 65.2 Å². The Labute approximate surface area is 241 Å². The Hall–Kier alpha value is -2.49. The molecule has 0 spiro atoms. The van der Waals surface area contributed by atoms with Crippen molar-refractivity contribution in [2.24, 2.45) is 5.41 Å². The van der Waals surface area contributed by atoms with E-state index in [9.17, 15) is 8.94 Å². The molecular formula is C32H42FN5OS. The van der Waals surface area contributed by atoms with E-state index in [0.717, 1.165) is 61.8 Å². The van der Waals surface area contributed by atoms with Crippen LogP contribution in [0.3, 0.4) is 0 Å². The molecule has 1 unspecified atom stereocenters. The average Bonchev–Trinajstić information content (AvgIpc) is 3.31. The second-order valence-corrected chi connectivity index (χ2v) is 14.2. The summed E-state index contributed by atoms with van der Waals surface area (Å²) in [4.78, 5) is 5.48. The fraction of sp³-hybridized carbons (Fsp3) is 0.469. The van der Waals surface area contributed by atoms with Gasteiger partial charge in [0.1, 0.15) is 5.82 Å². The van der Waals surface area contributed by atoms with Crippen molar-refractivity contribution in [2.45, 2.75) is 43.9 Å². The fourth-order valence-electron chi connectivity index (χ4n) is 5.96. The van der Waals surface area contributed by atoms with Crippen molar-refractivity contribution in [1.29, 1.82) is 0 Å². The molecule has 1 aromatic heterocycles. The highest BCUT2D eigenvalue weighted by Gasteiger charge is 2.46. The van der Waals surface area contributed by atoms with Gasteiger partial charge < -0.3 is 14.4 Å². The highest BCUT2D eigenvalue weighted by atomic mass is 32.2. The molecule has 0 bridgehead atoms. The van der Waals surface area contributed by atoms with Gasteiger partial charge in [-0.25, -0.2) is 9.07 Å². The normalized spacial score (nSPS) is 20.4. The number of hydrogen-bond acceptors (Lipinski definition) is 5. The molecule has 0 N–H and O–H groups in total. The molecule has 40 heavy (non-hydrogen) atoms. The number of halogens is 1. The van der Waals surface area contributed by atoms with Crippen LogP contribution >= 0.6 is 0 Å². The largest absolute Gasteiger partial charge is 0.593 e. The minimum absolute atomic E-state index is 0.0597. The number of hydrogen-bond donors (Lipinski definition) is 0. The van der Waals surface area contributed by atoms with Gasteiger partial charge in [0, 0.05) is 31.6 Å². The molecule has 2 aliphatic rings. The Kier molecular flexibility index (Phi) is 8.28. The van der Waals surface area contributed by atoms with E-state index in [2.05, 4.69) is 74.2 Å². The van der Waals surface area contributed by atoms with Crippen molar-refractivity contribution < 1.29 is 8.94 Å². The second kappa shape index (κ2) is 11.4. The first-order chi connectivity index (χ1) is 18.9. The van der Waals surface area contributed by atoms with Crippen LogP contribution in [-0.4, -0.2) is 82.3 Å². The summed E-state index contributed by atoms with van der Waals surface area (Å²) in [7, 11) is 6.39. The highest BCUT2D eigenvalue weighted by Crippen LogP contribution is 2.46. The van der Waals surface area contributed by atoms with Gasteiger partial charge in [0.05, 0.1) is 35.5 Å². The molecule has 214 valence electrons. The van der Waals surface area contributed by atoms with Crippen molar-refractivity contribution in [3.05, 3.63) is 82.9 Å². The van der Waals surface area contributed by atoms with Gasteiger partial charge >= 0.3 is 0 Å². The van der Waals surface area contributed by atoms with Crippen molar-refractivity contribution in [2.75, 3.05) is 53.9 Å². The second-order valence-electron chi connectivity index (χ2n) is 12.7. The Morgan fingerprint density at radius 2 is 1.73 bits per heavy atom. The Morgan fingerprint density at radius 1 is 1.02 bits per heavy atom. The summed E-state index contributed by atoms with van der Waals surface area (Å²) in [6.07, 6.45) is 5.93. The van der Waals surface area contributed by atoms with E-state index in [1.54, 1.807) is 12.1 Å². The van der Waals surface area contributed by atoms with Crippen LogP contribution in [-0.2, 0) is 23.2 Å². The molecule has 8 heteroatoms. The van der Waals surface area contributed by atoms with Crippen LogP contribution in [0.1, 0.15) is 44.0 Å². The third-order valence-corrected chi connectivity index (χ3v) is 9.70. The SMILES string of the molecule is CN(C)CCN(C)C[C@]12Cc3cnn(-c4ccc(F)cc4)c3C=C1CCN([S+]([O-])c1ccc(C(C)(C)C)cc1)C2. The summed E-state index contributed by atoms with van der Waals surface area (Å²) in [6.45, 7) is 10.9. The third kappa shape index (κ3) is 6.06. The summed E-state index contributed by atoms with van der Waals surface area (Å²) in [6, 6.07) is 14.8. The molecule has 5 rings (SSSR count). The van der Waals surface area contributed by atoms with E-state index >= 15 is 0 Å². The zero-order chi connectivity index (χ0) is 28.7. The smallest absolute Gasteiger partial charge is 0.174 e. The molecule has 1 aliphatic heterocycles. The number of aromatic nitrogens is 2. The van der Waals surface area contributed by atoms with Gasteiger partial charge in [-0.1, -0.05) is 38.5 Å². The molecular weight excluding hydrogens is 521 g/mol. The molecule has 0 radical (unpaired) electrons. The van der Waals surface area contributed by atoms with E-state index in [1.807, 2.05) is 23.0 Å². The maximum absolute atomic E-state index is 13.9. The molecule has 0 amide bonds. The number of piperidine rings is 1. The fourth-order valence-corrected chi connectivity index (χ4v) is 7.25. The van der Waals surface area contributed by atoms with Crippen LogP contribution in [0.4, 0.5) is 4.39 Å². The standard InChI is InChI=1S/C32H42FN5OS/c1-31(2,3)25-7-13-29(14-8-25)40(39)37-16-15-26-19-30-24(21-34-38(30)28-11-9-27(33)10-12-28)20-32(26,23-37)22-36(6)18-17-35(4)5/h7-14,19,21H,15-18,20,22-23H2,1-6H3/t32-,40?/m0/s1. The van der Waals surface area contributed by atoms with Crippen molar-refractivity contribution in [3.8, 4) is 5.69 Å². The molecule has 1 aliphatic carbocycles. The number of benzene rings is 2. The molecule has 0 saturated carbocycles. The minimum Gasteiger partial charge on any atom is -0.593 e. The first-order valence-electron chi connectivity index (χ1n) is 14.1. The lowest BCUT2D eigenvalue weighted by Crippen LogP contribution is -2.54. The molecule has 2 aromatic carbocycles. The van der Waals surface area contributed by atoms with Crippen molar-refractivity contribution in [1.82, 2.24) is 23.9 Å². The van der Waals surface area contributed by atoms with E-state index in [-0.39, 0.29) is 16.6 Å². The quantitative estimate of drug-likeness (QED) is 0.355. The van der Waals surface area contributed by atoms with Gasteiger partial charge in [0.15, 0.2) is 4.90 Å². The van der Waals surface area contributed by atoms with Crippen LogP contribution in [0.2, 0.25) is 0 Å². The predicted octanol–water partition coefficient (Wildman–Crippen LogP) is 5.16. The van der Waals surface area contributed by atoms with Crippen molar-refractivity contribution in [3.63, 3.8) is 0 Å². The summed E-state index contributed by atoms with van der Waals surface area (Å²) >= 11 is -1.23. The number of likely N-dealkylation sites (N-methyl/N-ethyl adjacent to an activating group) is 2. The molecule has 1 saturated heterocycles. The van der Waals surface area contributed by atoms with Crippen molar-refractivity contribution >= 4 is 17.4 Å². The molecule has 2 heterocycles. The lowest BCUT2D eigenvalue weighted by atomic mass is 9.68. The molecule has 6 nitrogen and oxygen atoms in total. The first-order valence-corrected chi connectivity index (χ1v) is 15.2. The number of fused-ring (bicyclic) bond motifs is 2. The zero-order valence-electron chi connectivity index (χ0n) is 24.7. The summed E-state index contributed by atoms with van der Waals surface area (Å²) in [5.74, 6) is -0.253. The lowest BCUT2D eigenvalue weighted by molar-refractivity contribution is 0.141. The Morgan fingerprint density at radius 3 is 2.38 bits per heavy atom. The minimum atomic E-state index is -1.23. The van der Waals surface area contributed by atoms with Gasteiger partial charge in [0.2, 0.25) is 0 Å². The van der Waals surface area contributed by atoms with Crippen LogP contribution < -0.4 is 0 Å². The molecule has 2 atom stereocenters. The zero-order valence-corrected chi connectivity index (χ0v) is 25.5. The van der Waals surface area contributed by atoms with E-state index < -0.39 is 11.4 Å². The topological polar surface area (TPSA) is 50.6 Å². The molecule has 1 fully saturated rings. The van der Waals surface area contributed by atoms with Crippen LogP contribution in [0.5, 0.6) is 0 Å². The van der Waals surface area contributed by atoms with E-state index in [0.29, 0.717) is 0 Å². The highest BCUT2D eigenvalue weighted by molar-refractivity contribution is 7.89. The van der Waals surface area contributed by atoms with Gasteiger partial charge in [-0.3, -0.25) is 0 Å². The monoisotopic (exact) mass is 563 g/mol. The Balaban J connectivity index is 1.45. The van der Waals surface area contributed by atoms with Gasteiger partial charge in [0.25, 0.3) is 0 Å². The first kappa shape index (κ1) is 29.0. The summed E-state index contributed by atoms with van der Waals surface area (Å²) < 4.78 is 31.6. The summed E-state index contributed by atoms with van der Waals surface area (Å²) in [5.41, 5.74) is 5.63. The predicted molar refractivity (Wildman–Crippen MR) is 161 cm³/mol. The lowest BCUT2D eigenvalue weighted by Gasteiger charge is -2.47.